The summed E-state index contributed by atoms with van der Waals surface area (Å²) in [6.45, 7) is 2.38. The lowest BCUT2D eigenvalue weighted by Crippen LogP contribution is -2.44. The highest BCUT2D eigenvalue weighted by Gasteiger charge is 2.34. The summed E-state index contributed by atoms with van der Waals surface area (Å²) in [6.07, 6.45) is 0. The maximum atomic E-state index is 12.7. The van der Waals surface area contributed by atoms with Gasteiger partial charge in [0.1, 0.15) is 4.90 Å². The molecule has 1 saturated heterocycles. The zero-order chi connectivity index (χ0) is 14.2. The van der Waals surface area contributed by atoms with Gasteiger partial charge in [-0.25, -0.2) is 8.42 Å². The molecule has 1 aliphatic rings. The lowest BCUT2D eigenvalue weighted by molar-refractivity contribution is 0.367. The first-order valence-corrected chi connectivity index (χ1v) is 9.72. The molecule has 0 aliphatic carbocycles. The summed E-state index contributed by atoms with van der Waals surface area (Å²) in [6, 6.07) is 3.03. The third-order valence-electron chi connectivity index (χ3n) is 2.84. The molecule has 1 aromatic carbocycles. The summed E-state index contributed by atoms with van der Waals surface area (Å²) < 4.78 is 27.5. The van der Waals surface area contributed by atoms with Crippen molar-refractivity contribution in [2.24, 2.45) is 0 Å². The van der Waals surface area contributed by atoms with Crippen molar-refractivity contribution in [1.82, 2.24) is 4.31 Å². The zero-order valence-corrected chi connectivity index (χ0v) is 14.8. The average Bonchev–Trinajstić information content (AvgIpc) is 2.27. The Morgan fingerprint density at radius 2 is 1.95 bits per heavy atom. The van der Waals surface area contributed by atoms with Crippen molar-refractivity contribution in [2.45, 2.75) is 17.9 Å². The van der Waals surface area contributed by atoms with Gasteiger partial charge in [0.2, 0.25) is 10.0 Å². The Morgan fingerprint density at radius 1 is 1.37 bits per heavy atom. The third-order valence-corrected chi connectivity index (χ3v) is 7.42. The molecule has 0 amide bonds. The van der Waals surface area contributed by atoms with Gasteiger partial charge in [-0.2, -0.15) is 16.1 Å². The van der Waals surface area contributed by atoms with Crippen LogP contribution in [0, 0.1) is 0 Å². The Bertz CT molecular complexity index is 571. The number of rotatable bonds is 2. The van der Waals surface area contributed by atoms with Crippen LogP contribution in [0.1, 0.15) is 6.92 Å². The smallest absolute Gasteiger partial charge is 0.207 e. The predicted octanol–water partition coefficient (Wildman–Crippen LogP) is 3.88. The molecule has 19 heavy (non-hydrogen) atoms. The van der Waals surface area contributed by atoms with Gasteiger partial charge < -0.3 is 0 Å². The first-order chi connectivity index (χ1) is 8.84. The van der Waals surface area contributed by atoms with Crippen molar-refractivity contribution < 1.29 is 8.42 Å². The number of nitrogens with zero attached hydrogens (tertiary/aromatic N) is 1. The van der Waals surface area contributed by atoms with Crippen LogP contribution < -0.4 is 0 Å². The van der Waals surface area contributed by atoms with Gasteiger partial charge in [0.25, 0.3) is 0 Å². The second-order valence-corrected chi connectivity index (χ2v) is 8.95. The van der Waals surface area contributed by atoms with E-state index in [1.807, 2.05) is 6.92 Å². The average molecular weight is 405 g/mol. The van der Waals surface area contributed by atoms with E-state index in [9.17, 15) is 8.42 Å². The molecule has 1 unspecified atom stereocenters. The first-order valence-electron chi connectivity index (χ1n) is 5.58. The second-order valence-electron chi connectivity index (χ2n) is 4.24. The molecule has 0 saturated carbocycles. The van der Waals surface area contributed by atoms with Crippen molar-refractivity contribution in [2.75, 3.05) is 18.1 Å². The molecule has 8 heteroatoms. The van der Waals surface area contributed by atoms with Crippen molar-refractivity contribution in [3.8, 4) is 0 Å². The Hall–Kier alpha value is 0.540. The van der Waals surface area contributed by atoms with Crippen LogP contribution in [0.5, 0.6) is 0 Å². The van der Waals surface area contributed by atoms with E-state index in [0.29, 0.717) is 11.0 Å². The molecule has 1 heterocycles. The van der Waals surface area contributed by atoms with Gasteiger partial charge in [0, 0.05) is 28.6 Å². The van der Waals surface area contributed by atoms with Gasteiger partial charge in [-0.05, 0) is 19.1 Å². The third kappa shape index (κ3) is 3.24. The first kappa shape index (κ1) is 15.9. The van der Waals surface area contributed by atoms with Crippen molar-refractivity contribution in [1.29, 1.82) is 0 Å². The normalized spacial score (nSPS) is 21.6. The van der Waals surface area contributed by atoms with Crippen LogP contribution in [0.3, 0.4) is 0 Å². The highest BCUT2D eigenvalue weighted by molar-refractivity contribution is 9.10. The van der Waals surface area contributed by atoms with E-state index >= 15 is 0 Å². The van der Waals surface area contributed by atoms with Crippen LogP contribution >= 0.6 is 50.9 Å². The summed E-state index contributed by atoms with van der Waals surface area (Å²) in [7, 11) is -3.65. The molecule has 0 spiro atoms. The largest absolute Gasteiger partial charge is 0.246 e. The fraction of sp³-hybridized carbons (Fsp3) is 0.455. The van der Waals surface area contributed by atoms with E-state index in [-0.39, 0.29) is 21.0 Å². The summed E-state index contributed by atoms with van der Waals surface area (Å²) in [5, 5.41) is 0.287. The maximum absolute atomic E-state index is 12.7. The zero-order valence-electron chi connectivity index (χ0n) is 10.1. The SMILES string of the molecule is CC1CSCCN1S(=O)(=O)c1c(Cl)cc(Br)cc1Cl. The topological polar surface area (TPSA) is 37.4 Å². The van der Waals surface area contributed by atoms with Crippen LogP contribution in [0.2, 0.25) is 10.0 Å². The van der Waals surface area contributed by atoms with Crippen LogP contribution in [0.25, 0.3) is 0 Å². The molecule has 0 aromatic heterocycles. The number of hydrogen-bond acceptors (Lipinski definition) is 3. The van der Waals surface area contributed by atoms with Gasteiger partial charge in [-0.3, -0.25) is 0 Å². The van der Waals surface area contributed by atoms with Crippen LogP contribution in [-0.4, -0.2) is 36.8 Å². The van der Waals surface area contributed by atoms with E-state index < -0.39 is 10.0 Å². The van der Waals surface area contributed by atoms with E-state index in [4.69, 9.17) is 23.2 Å². The van der Waals surface area contributed by atoms with Crippen LogP contribution in [0.4, 0.5) is 0 Å². The number of sulfonamides is 1. The quantitative estimate of drug-likeness (QED) is 0.750. The van der Waals surface area contributed by atoms with Crippen LogP contribution in [-0.2, 0) is 10.0 Å². The minimum absolute atomic E-state index is 0.00205. The van der Waals surface area contributed by atoms with E-state index in [0.717, 1.165) is 11.5 Å². The fourth-order valence-electron chi connectivity index (χ4n) is 1.96. The molecule has 0 bridgehead atoms. The highest BCUT2D eigenvalue weighted by Crippen LogP contribution is 2.36. The van der Waals surface area contributed by atoms with Gasteiger partial charge in [0.15, 0.2) is 0 Å². The van der Waals surface area contributed by atoms with Crippen LogP contribution in [0.15, 0.2) is 21.5 Å². The van der Waals surface area contributed by atoms with E-state index in [2.05, 4.69) is 15.9 Å². The number of thioether (sulfide) groups is 1. The molecule has 3 nitrogen and oxygen atoms in total. The van der Waals surface area contributed by atoms with Gasteiger partial charge >= 0.3 is 0 Å². The Morgan fingerprint density at radius 3 is 2.47 bits per heavy atom. The summed E-state index contributed by atoms with van der Waals surface area (Å²) in [4.78, 5) is -0.00205. The molecule has 1 aliphatic heterocycles. The molecular formula is C11H12BrCl2NO2S2. The predicted molar refractivity (Wildman–Crippen MR) is 84.8 cm³/mol. The molecule has 0 radical (unpaired) electrons. The Balaban J connectivity index is 2.50. The molecule has 106 valence electrons. The van der Waals surface area contributed by atoms with Gasteiger partial charge in [-0.15, -0.1) is 0 Å². The monoisotopic (exact) mass is 403 g/mol. The maximum Gasteiger partial charge on any atom is 0.246 e. The Kier molecular flexibility index (Phi) is 5.12. The summed E-state index contributed by atoms with van der Waals surface area (Å²) >= 11 is 17.1. The van der Waals surface area contributed by atoms with E-state index in [1.165, 1.54) is 4.31 Å². The molecule has 1 atom stereocenters. The highest BCUT2D eigenvalue weighted by atomic mass is 79.9. The van der Waals surface area contributed by atoms with Crippen molar-refractivity contribution in [3.05, 3.63) is 26.7 Å². The second kappa shape index (κ2) is 6.12. The Labute approximate surface area is 135 Å². The molecular weight excluding hydrogens is 393 g/mol. The molecule has 1 fully saturated rings. The van der Waals surface area contributed by atoms with Crippen molar-refractivity contribution in [3.63, 3.8) is 0 Å². The summed E-state index contributed by atoms with van der Waals surface area (Å²) in [5.41, 5.74) is 0. The van der Waals surface area contributed by atoms with Crippen molar-refractivity contribution >= 4 is 60.9 Å². The van der Waals surface area contributed by atoms with Gasteiger partial charge in [-0.1, -0.05) is 39.1 Å². The molecule has 2 rings (SSSR count). The fourth-order valence-corrected chi connectivity index (χ4v) is 6.70. The molecule has 0 N–H and O–H groups in total. The summed E-state index contributed by atoms with van der Waals surface area (Å²) in [5.74, 6) is 1.57. The number of halogens is 3. The minimum Gasteiger partial charge on any atom is -0.207 e. The van der Waals surface area contributed by atoms with Gasteiger partial charge in [0.05, 0.1) is 10.0 Å². The minimum atomic E-state index is -3.65. The number of benzene rings is 1. The number of hydrogen-bond donors (Lipinski definition) is 0. The lowest BCUT2D eigenvalue weighted by Gasteiger charge is -2.32. The molecule has 1 aromatic rings. The lowest BCUT2D eigenvalue weighted by atomic mass is 10.4. The standard InChI is InChI=1S/C11H12BrCl2NO2S2/c1-7-6-18-3-2-15(7)19(16,17)11-9(13)4-8(12)5-10(11)14/h4-5,7H,2-3,6H2,1H3. The van der Waals surface area contributed by atoms with E-state index in [1.54, 1.807) is 23.9 Å².